The molecule has 0 fully saturated rings. The van der Waals surface area contributed by atoms with E-state index in [9.17, 15) is 19.2 Å². The fraction of sp³-hybridized carbons (Fsp3) is 0.333. The number of hydrazine groups is 2. The number of carbonyl (C=O) groups excluding carboxylic acids is 4. The Balaban J connectivity index is 1.86. The van der Waals surface area contributed by atoms with Crippen LogP contribution in [0.2, 0.25) is 0 Å². The number of nitrogens with one attached hydrogen (secondary N) is 4. The van der Waals surface area contributed by atoms with Crippen molar-refractivity contribution >= 4 is 23.6 Å². The highest BCUT2D eigenvalue weighted by atomic mass is 16.5. The normalized spacial score (nSPS) is 9.95. The minimum absolute atomic E-state index is 0.132. The average Bonchev–Trinajstić information content (AvgIpc) is 2.95. The molecule has 0 atom stereocenters. The molecule has 4 N–H and O–H groups in total. The van der Waals surface area contributed by atoms with Crippen LogP contribution in [0.4, 0.5) is 0 Å². The monoisotopic (exact) mass is 534 g/mol. The molecule has 0 saturated heterocycles. The Morgan fingerprint density at radius 1 is 0.500 bits per heavy atom. The third-order valence-corrected chi connectivity index (χ3v) is 5.06. The van der Waals surface area contributed by atoms with Crippen LogP contribution in [-0.4, -0.2) is 66.3 Å². The molecule has 0 heterocycles. The molecule has 0 aromatic heterocycles. The number of hydrogen-bond donors (Lipinski definition) is 4. The van der Waals surface area contributed by atoms with Crippen LogP contribution in [0, 0.1) is 0 Å². The van der Waals surface area contributed by atoms with Crippen molar-refractivity contribution in [2.24, 2.45) is 0 Å². The van der Waals surface area contributed by atoms with Crippen LogP contribution in [0.5, 0.6) is 34.5 Å². The number of methoxy groups -OCH3 is 6. The van der Waals surface area contributed by atoms with E-state index in [-0.39, 0.29) is 47.0 Å². The highest BCUT2D eigenvalue weighted by Crippen LogP contribution is 2.39. The molecule has 0 unspecified atom stereocenters. The van der Waals surface area contributed by atoms with Gasteiger partial charge in [0.25, 0.3) is 11.8 Å². The van der Waals surface area contributed by atoms with Gasteiger partial charge in [0, 0.05) is 24.0 Å². The van der Waals surface area contributed by atoms with E-state index in [0.717, 1.165) is 0 Å². The molecule has 206 valence electrons. The van der Waals surface area contributed by atoms with Crippen LogP contribution in [0.3, 0.4) is 0 Å². The van der Waals surface area contributed by atoms with Gasteiger partial charge >= 0.3 is 0 Å². The highest BCUT2D eigenvalue weighted by molar-refractivity contribution is 5.98. The summed E-state index contributed by atoms with van der Waals surface area (Å²) in [7, 11) is 8.46. The molecule has 14 heteroatoms. The first kappa shape index (κ1) is 29.4. The van der Waals surface area contributed by atoms with E-state index in [0.29, 0.717) is 11.5 Å². The van der Waals surface area contributed by atoms with E-state index in [4.69, 9.17) is 28.4 Å². The lowest BCUT2D eigenvalue weighted by atomic mass is 10.1. The lowest BCUT2D eigenvalue weighted by Gasteiger charge is -2.14. The molecule has 0 aliphatic carbocycles. The zero-order valence-electron chi connectivity index (χ0n) is 21.8. The van der Waals surface area contributed by atoms with E-state index < -0.39 is 23.6 Å². The van der Waals surface area contributed by atoms with Gasteiger partial charge in [0.2, 0.25) is 23.3 Å². The zero-order valence-corrected chi connectivity index (χ0v) is 21.8. The number of hydrogen-bond acceptors (Lipinski definition) is 10. The first-order chi connectivity index (χ1) is 18.2. The Morgan fingerprint density at radius 3 is 1.03 bits per heavy atom. The van der Waals surface area contributed by atoms with Crippen molar-refractivity contribution < 1.29 is 47.6 Å². The summed E-state index contributed by atoms with van der Waals surface area (Å²) in [6.45, 7) is 0. The van der Waals surface area contributed by atoms with Crippen molar-refractivity contribution in [1.82, 2.24) is 21.7 Å². The molecule has 0 bridgehead atoms. The zero-order chi connectivity index (χ0) is 28.2. The molecule has 0 radical (unpaired) electrons. The highest BCUT2D eigenvalue weighted by Gasteiger charge is 2.19. The quantitative estimate of drug-likeness (QED) is 0.301. The molecule has 38 heavy (non-hydrogen) atoms. The second-order valence-electron chi connectivity index (χ2n) is 7.33. The first-order valence-electron chi connectivity index (χ1n) is 11.0. The van der Waals surface area contributed by atoms with Crippen LogP contribution in [-0.2, 0) is 9.59 Å². The van der Waals surface area contributed by atoms with Crippen LogP contribution >= 0.6 is 0 Å². The summed E-state index contributed by atoms with van der Waals surface area (Å²) in [5.74, 6) is -0.949. The topological polar surface area (TPSA) is 172 Å². The van der Waals surface area contributed by atoms with Gasteiger partial charge in [-0.3, -0.25) is 40.9 Å². The van der Waals surface area contributed by atoms with Gasteiger partial charge in [0.15, 0.2) is 23.0 Å². The maximum atomic E-state index is 12.4. The molecule has 0 spiro atoms. The van der Waals surface area contributed by atoms with Crippen LogP contribution in [0.1, 0.15) is 33.6 Å². The van der Waals surface area contributed by atoms with Crippen LogP contribution in [0.15, 0.2) is 24.3 Å². The van der Waals surface area contributed by atoms with E-state index in [2.05, 4.69) is 21.7 Å². The number of amides is 4. The van der Waals surface area contributed by atoms with Crippen molar-refractivity contribution in [3.05, 3.63) is 35.4 Å². The molecule has 4 amide bonds. The van der Waals surface area contributed by atoms with Gasteiger partial charge in [0.05, 0.1) is 42.7 Å². The molecular weight excluding hydrogens is 504 g/mol. The smallest absolute Gasteiger partial charge is 0.269 e. The standard InChI is InChI=1S/C24H30N4O10/c1-33-15-9-13(10-16(34-2)21(15)37-5)23(31)27-25-19(29)7-8-20(30)26-28-24(32)14-11-17(35-3)22(38-6)18(12-14)36-4/h9-12H,7-8H2,1-6H3,(H,25,29)(H,26,30)(H,27,31)(H,28,32). The number of rotatable bonds is 11. The van der Waals surface area contributed by atoms with Gasteiger partial charge in [0.1, 0.15) is 0 Å². The third kappa shape index (κ3) is 7.32. The summed E-state index contributed by atoms with van der Waals surface area (Å²) in [5, 5.41) is 0. The predicted octanol–water partition coefficient (Wildman–Crippen LogP) is 0.741. The van der Waals surface area contributed by atoms with Gasteiger partial charge in [-0.05, 0) is 24.3 Å². The maximum absolute atomic E-state index is 12.4. The van der Waals surface area contributed by atoms with Gasteiger partial charge in [-0.15, -0.1) is 0 Å². The summed E-state index contributed by atoms with van der Waals surface area (Å²) >= 11 is 0. The van der Waals surface area contributed by atoms with Crippen molar-refractivity contribution in [3.8, 4) is 34.5 Å². The van der Waals surface area contributed by atoms with Crippen LogP contribution in [0.25, 0.3) is 0 Å². The molecule has 0 aliphatic heterocycles. The van der Waals surface area contributed by atoms with Crippen molar-refractivity contribution in [2.75, 3.05) is 42.7 Å². The summed E-state index contributed by atoms with van der Waals surface area (Å²) < 4.78 is 31.2. The molecule has 14 nitrogen and oxygen atoms in total. The molecule has 0 saturated carbocycles. The maximum Gasteiger partial charge on any atom is 0.269 e. The van der Waals surface area contributed by atoms with Crippen molar-refractivity contribution in [2.45, 2.75) is 12.8 Å². The Morgan fingerprint density at radius 2 is 0.789 bits per heavy atom. The van der Waals surface area contributed by atoms with Crippen LogP contribution < -0.4 is 50.1 Å². The largest absolute Gasteiger partial charge is 0.493 e. The Kier molecular flexibility index (Phi) is 10.8. The van der Waals surface area contributed by atoms with E-state index in [1.807, 2.05) is 0 Å². The first-order valence-corrected chi connectivity index (χ1v) is 11.0. The number of ether oxygens (including phenoxy) is 6. The molecule has 0 aliphatic rings. The van der Waals surface area contributed by atoms with E-state index in [1.165, 1.54) is 66.9 Å². The SMILES string of the molecule is COc1cc(C(=O)NNC(=O)CCC(=O)NNC(=O)c2cc(OC)c(OC)c(OC)c2)cc(OC)c1OC. The molecule has 2 rings (SSSR count). The fourth-order valence-corrected chi connectivity index (χ4v) is 3.17. The minimum atomic E-state index is -0.653. The van der Waals surface area contributed by atoms with E-state index in [1.54, 1.807) is 0 Å². The second kappa shape index (κ2) is 14.0. The molecule has 2 aromatic carbocycles. The Labute approximate surface area is 218 Å². The summed E-state index contributed by atoms with van der Waals surface area (Å²) in [5.41, 5.74) is 9.16. The lowest BCUT2D eigenvalue weighted by molar-refractivity contribution is -0.127. The van der Waals surface area contributed by atoms with Crippen molar-refractivity contribution in [1.29, 1.82) is 0 Å². The third-order valence-electron chi connectivity index (χ3n) is 5.06. The Hall–Kier alpha value is -4.88. The van der Waals surface area contributed by atoms with E-state index >= 15 is 0 Å². The minimum Gasteiger partial charge on any atom is -0.493 e. The van der Waals surface area contributed by atoms with Gasteiger partial charge in [-0.1, -0.05) is 0 Å². The number of carbonyl (C=O) groups is 4. The predicted molar refractivity (Wildman–Crippen MR) is 133 cm³/mol. The van der Waals surface area contributed by atoms with Gasteiger partial charge in [-0.2, -0.15) is 0 Å². The summed E-state index contributed by atoms with van der Waals surface area (Å²) in [6, 6.07) is 5.64. The summed E-state index contributed by atoms with van der Waals surface area (Å²) in [6.07, 6.45) is -0.553. The van der Waals surface area contributed by atoms with Crippen molar-refractivity contribution in [3.63, 3.8) is 0 Å². The second-order valence-corrected chi connectivity index (χ2v) is 7.33. The molecule has 2 aromatic rings. The van der Waals surface area contributed by atoms with Gasteiger partial charge in [-0.25, -0.2) is 0 Å². The number of benzene rings is 2. The summed E-state index contributed by atoms with van der Waals surface area (Å²) in [4.78, 5) is 49.1. The van der Waals surface area contributed by atoms with Gasteiger partial charge < -0.3 is 28.4 Å². The average molecular weight is 535 g/mol. The Bertz CT molecular complexity index is 1040. The molecular formula is C24H30N4O10. The fourth-order valence-electron chi connectivity index (χ4n) is 3.17. The lowest BCUT2D eigenvalue weighted by Crippen LogP contribution is -2.44.